The van der Waals surface area contributed by atoms with Crippen LogP contribution in [0.25, 0.3) is 5.69 Å². The molecule has 4 rings (SSSR count). The molecule has 1 aliphatic heterocycles. The minimum absolute atomic E-state index is 0.636. The summed E-state index contributed by atoms with van der Waals surface area (Å²) >= 11 is 0. The zero-order valence-electron chi connectivity index (χ0n) is 18.9. The summed E-state index contributed by atoms with van der Waals surface area (Å²) in [6, 6.07) is 14.7. The number of guanidine groups is 1. The zero-order chi connectivity index (χ0) is 22.0. The maximum atomic E-state index is 4.79. The summed E-state index contributed by atoms with van der Waals surface area (Å²) in [6.07, 6.45) is 10.4. The summed E-state index contributed by atoms with van der Waals surface area (Å²) < 4.78 is 1.87. The normalized spacial score (nSPS) is 14.4. The Hall–Kier alpha value is -3.35. The van der Waals surface area contributed by atoms with Crippen molar-refractivity contribution in [3.63, 3.8) is 0 Å². The number of benzene rings is 1. The number of hydrogen-bond acceptors (Lipinski definition) is 4. The minimum Gasteiger partial charge on any atom is -0.357 e. The Kier molecular flexibility index (Phi) is 7.74. The largest absolute Gasteiger partial charge is 0.357 e. The van der Waals surface area contributed by atoms with Crippen LogP contribution in [0.1, 0.15) is 37.3 Å². The van der Waals surface area contributed by atoms with E-state index >= 15 is 0 Å². The monoisotopic (exact) mass is 431 g/mol. The number of nitrogens with zero attached hydrogens (tertiary/aromatic N) is 5. The molecule has 0 amide bonds. The van der Waals surface area contributed by atoms with Crippen LogP contribution < -0.4 is 15.5 Å². The second-order valence-electron chi connectivity index (χ2n) is 8.06. The predicted molar refractivity (Wildman–Crippen MR) is 130 cm³/mol. The molecule has 0 bridgehead atoms. The third-order valence-electron chi connectivity index (χ3n) is 5.67. The third-order valence-corrected chi connectivity index (χ3v) is 5.67. The Labute approximate surface area is 190 Å². The molecule has 7 heteroatoms. The van der Waals surface area contributed by atoms with Crippen molar-refractivity contribution in [3.8, 4) is 5.69 Å². The molecule has 1 saturated heterocycles. The lowest BCUT2D eigenvalue weighted by atomic mass is 10.1. The van der Waals surface area contributed by atoms with Gasteiger partial charge < -0.3 is 15.5 Å². The van der Waals surface area contributed by atoms with Crippen LogP contribution in [0, 0.1) is 0 Å². The van der Waals surface area contributed by atoms with E-state index in [4.69, 9.17) is 4.99 Å². The van der Waals surface area contributed by atoms with Crippen molar-refractivity contribution in [3.05, 3.63) is 72.2 Å². The molecule has 1 aromatic carbocycles. The van der Waals surface area contributed by atoms with E-state index in [0.717, 1.165) is 50.1 Å². The summed E-state index contributed by atoms with van der Waals surface area (Å²) in [5.74, 6) is 1.92. The Morgan fingerprint density at radius 2 is 1.84 bits per heavy atom. The molecular weight excluding hydrogens is 398 g/mol. The highest BCUT2D eigenvalue weighted by Gasteiger charge is 2.12. The van der Waals surface area contributed by atoms with Gasteiger partial charge in [-0.15, -0.1) is 0 Å². The molecule has 0 unspecified atom stereocenters. The molecule has 0 spiro atoms. The first-order chi connectivity index (χ1) is 15.8. The standard InChI is InChI=1S/C25H33N7/c1-2-26-25(28-15-11-21-7-9-23(10-8-21)32-18-6-13-30-32)29-20-22-12-14-27-24(19-22)31-16-4-3-5-17-31/h6-10,12-14,18-19H,2-5,11,15-17,20H2,1H3,(H2,26,28,29). The van der Waals surface area contributed by atoms with Crippen LogP contribution in [0.15, 0.2) is 66.0 Å². The molecule has 1 fully saturated rings. The van der Waals surface area contributed by atoms with Crippen molar-refractivity contribution in [1.82, 2.24) is 25.4 Å². The molecule has 0 aliphatic carbocycles. The van der Waals surface area contributed by atoms with E-state index in [2.05, 4.69) is 68.9 Å². The van der Waals surface area contributed by atoms with Crippen LogP contribution in [0.3, 0.4) is 0 Å². The number of hydrogen-bond donors (Lipinski definition) is 2. The Bertz CT molecular complexity index is 974. The molecule has 168 valence electrons. The lowest BCUT2D eigenvalue weighted by Crippen LogP contribution is -2.38. The summed E-state index contributed by atoms with van der Waals surface area (Å²) in [6.45, 7) is 6.59. The van der Waals surface area contributed by atoms with Gasteiger partial charge in [0.1, 0.15) is 5.82 Å². The molecule has 0 radical (unpaired) electrons. The highest BCUT2D eigenvalue weighted by Crippen LogP contribution is 2.18. The van der Waals surface area contributed by atoms with Gasteiger partial charge in [0, 0.05) is 44.8 Å². The van der Waals surface area contributed by atoms with Gasteiger partial charge in [-0.25, -0.2) is 14.7 Å². The molecule has 1 aliphatic rings. The van der Waals surface area contributed by atoms with E-state index in [1.165, 1.54) is 30.4 Å². The fourth-order valence-electron chi connectivity index (χ4n) is 3.93. The van der Waals surface area contributed by atoms with E-state index in [-0.39, 0.29) is 0 Å². The van der Waals surface area contributed by atoms with Gasteiger partial charge in [-0.05, 0) is 74.1 Å². The smallest absolute Gasteiger partial charge is 0.191 e. The molecule has 0 atom stereocenters. The average Bonchev–Trinajstić information content (AvgIpc) is 3.39. The molecule has 2 aromatic heterocycles. The number of pyridine rings is 1. The van der Waals surface area contributed by atoms with Crippen LogP contribution in [-0.4, -0.2) is 46.9 Å². The SMILES string of the molecule is CCNC(=NCc1ccnc(N2CCCCC2)c1)NCCc1ccc(-n2cccn2)cc1. The van der Waals surface area contributed by atoms with Crippen molar-refractivity contribution < 1.29 is 0 Å². The maximum Gasteiger partial charge on any atom is 0.191 e. The Morgan fingerprint density at radius 3 is 2.59 bits per heavy atom. The van der Waals surface area contributed by atoms with Crippen LogP contribution in [0.2, 0.25) is 0 Å². The van der Waals surface area contributed by atoms with Crippen LogP contribution >= 0.6 is 0 Å². The average molecular weight is 432 g/mol. The number of nitrogens with one attached hydrogen (secondary N) is 2. The number of rotatable bonds is 8. The first-order valence-corrected chi connectivity index (χ1v) is 11.6. The van der Waals surface area contributed by atoms with Gasteiger partial charge in [0.25, 0.3) is 0 Å². The van der Waals surface area contributed by atoms with Crippen LogP contribution in [0.5, 0.6) is 0 Å². The summed E-state index contributed by atoms with van der Waals surface area (Å²) in [5, 5.41) is 11.1. The van der Waals surface area contributed by atoms with Crippen molar-refractivity contribution in [2.24, 2.45) is 4.99 Å². The molecule has 2 N–H and O–H groups in total. The highest BCUT2D eigenvalue weighted by molar-refractivity contribution is 5.79. The molecule has 32 heavy (non-hydrogen) atoms. The lowest BCUT2D eigenvalue weighted by Gasteiger charge is -2.27. The highest BCUT2D eigenvalue weighted by atomic mass is 15.3. The van der Waals surface area contributed by atoms with Crippen molar-refractivity contribution in [2.75, 3.05) is 31.1 Å². The van der Waals surface area contributed by atoms with E-state index < -0.39 is 0 Å². The van der Waals surface area contributed by atoms with Crippen molar-refractivity contribution >= 4 is 11.8 Å². The number of piperidine rings is 1. The van der Waals surface area contributed by atoms with Gasteiger partial charge in [0.2, 0.25) is 0 Å². The topological polar surface area (TPSA) is 70.4 Å². The predicted octanol–water partition coefficient (Wildman–Crippen LogP) is 3.56. The third kappa shape index (κ3) is 6.09. The first-order valence-electron chi connectivity index (χ1n) is 11.6. The van der Waals surface area contributed by atoms with E-state index in [1.807, 2.05) is 23.1 Å². The number of anilines is 1. The zero-order valence-corrected chi connectivity index (χ0v) is 18.9. The van der Waals surface area contributed by atoms with Gasteiger partial charge in [0.05, 0.1) is 12.2 Å². The second kappa shape index (κ2) is 11.3. The quantitative estimate of drug-likeness (QED) is 0.422. The van der Waals surface area contributed by atoms with Gasteiger partial charge in [0.15, 0.2) is 5.96 Å². The minimum atomic E-state index is 0.636. The van der Waals surface area contributed by atoms with Crippen LogP contribution in [-0.2, 0) is 13.0 Å². The second-order valence-corrected chi connectivity index (χ2v) is 8.06. The number of aromatic nitrogens is 3. The fourth-order valence-corrected chi connectivity index (χ4v) is 3.93. The molecule has 0 saturated carbocycles. The van der Waals surface area contributed by atoms with Crippen molar-refractivity contribution in [1.29, 1.82) is 0 Å². The van der Waals surface area contributed by atoms with Gasteiger partial charge in [-0.3, -0.25) is 0 Å². The summed E-state index contributed by atoms with van der Waals surface area (Å²) in [5.41, 5.74) is 3.54. The molecule has 3 heterocycles. The fraction of sp³-hybridized carbons (Fsp3) is 0.400. The van der Waals surface area contributed by atoms with Crippen molar-refractivity contribution in [2.45, 2.75) is 39.2 Å². The molecular formula is C25H33N7. The van der Waals surface area contributed by atoms with Gasteiger partial charge in [-0.2, -0.15) is 5.10 Å². The Morgan fingerprint density at radius 1 is 1.00 bits per heavy atom. The number of aliphatic imine (C=N–C) groups is 1. The van der Waals surface area contributed by atoms with E-state index in [1.54, 1.807) is 6.20 Å². The summed E-state index contributed by atoms with van der Waals surface area (Å²) in [4.78, 5) is 11.7. The van der Waals surface area contributed by atoms with Gasteiger partial charge in [-0.1, -0.05) is 12.1 Å². The van der Waals surface area contributed by atoms with Gasteiger partial charge >= 0.3 is 0 Å². The first kappa shape index (κ1) is 21.9. The summed E-state index contributed by atoms with van der Waals surface area (Å²) in [7, 11) is 0. The van der Waals surface area contributed by atoms with E-state index in [9.17, 15) is 0 Å². The molecule has 7 nitrogen and oxygen atoms in total. The van der Waals surface area contributed by atoms with Crippen LogP contribution in [0.4, 0.5) is 5.82 Å². The lowest BCUT2D eigenvalue weighted by molar-refractivity contribution is 0.573. The maximum absolute atomic E-state index is 4.79. The Balaban J connectivity index is 1.30. The van der Waals surface area contributed by atoms with E-state index in [0.29, 0.717) is 6.54 Å². The molecule has 3 aromatic rings.